The van der Waals surface area contributed by atoms with Crippen molar-refractivity contribution in [2.24, 2.45) is 0 Å². The summed E-state index contributed by atoms with van der Waals surface area (Å²) in [5.74, 6) is 0.149. The van der Waals surface area contributed by atoms with Crippen LogP contribution in [-0.4, -0.2) is 52.0 Å². The van der Waals surface area contributed by atoms with Crippen LogP contribution in [-0.2, 0) is 14.8 Å². The molecule has 1 aromatic carbocycles. The van der Waals surface area contributed by atoms with E-state index in [2.05, 4.69) is 14.9 Å². The van der Waals surface area contributed by atoms with E-state index in [1.54, 1.807) is 13.0 Å². The fourth-order valence-corrected chi connectivity index (χ4v) is 4.54. The number of carbonyl (C=O) groups excluding carboxylic acids is 1. The largest absolute Gasteiger partial charge is 0.482 e. The molecule has 2 aliphatic rings. The predicted molar refractivity (Wildman–Crippen MR) is 95.4 cm³/mol. The van der Waals surface area contributed by atoms with Crippen molar-refractivity contribution in [3.63, 3.8) is 0 Å². The van der Waals surface area contributed by atoms with E-state index in [1.807, 2.05) is 0 Å². The Bertz CT molecular complexity index is 741. The van der Waals surface area contributed by atoms with Gasteiger partial charge in [-0.3, -0.25) is 4.79 Å². The Morgan fingerprint density at radius 2 is 1.92 bits per heavy atom. The standard InChI is InChI=1S/C17H25N3O4S/c1-13-10-14-15(24-12-17(21)19-14)11-16(13)25(22,23)18-6-9-20-7-4-2-3-5-8-20/h10-11,18H,2-9,12H2,1H3,(H,19,21). The molecule has 0 bridgehead atoms. The molecule has 0 aromatic heterocycles. The van der Waals surface area contributed by atoms with Crippen molar-refractivity contribution in [3.8, 4) is 5.75 Å². The van der Waals surface area contributed by atoms with Crippen molar-refractivity contribution in [1.29, 1.82) is 0 Å². The number of nitrogens with zero attached hydrogens (tertiary/aromatic N) is 1. The topological polar surface area (TPSA) is 87.7 Å². The van der Waals surface area contributed by atoms with Crippen LogP contribution in [0.15, 0.2) is 17.0 Å². The fraction of sp³-hybridized carbons (Fsp3) is 0.588. The minimum absolute atomic E-state index is 0.0993. The summed E-state index contributed by atoms with van der Waals surface area (Å²) in [5.41, 5.74) is 1.09. The fourth-order valence-electron chi connectivity index (χ4n) is 3.28. The highest BCUT2D eigenvalue weighted by Gasteiger charge is 2.23. The number of rotatable bonds is 5. The highest BCUT2D eigenvalue weighted by atomic mass is 32.2. The lowest BCUT2D eigenvalue weighted by Gasteiger charge is -2.21. The second kappa shape index (κ2) is 7.72. The number of carbonyl (C=O) groups is 1. The van der Waals surface area contributed by atoms with Crippen LogP contribution in [0, 0.1) is 6.92 Å². The first-order chi connectivity index (χ1) is 12.0. The molecule has 1 fully saturated rings. The highest BCUT2D eigenvalue weighted by molar-refractivity contribution is 7.89. The zero-order valence-corrected chi connectivity index (χ0v) is 15.3. The molecular formula is C17H25N3O4S. The number of likely N-dealkylation sites (tertiary alicyclic amines) is 1. The SMILES string of the molecule is Cc1cc2c(cc1S(=O)(=O)NCCN1CCCCCC1)OCC(=O)N2. The molecule has 7 nitrogen and oxygen atoms in total. The number of sulfonamides is 1. The second-order valence-corrected chi connectivity index (χ2v) is 8.34. The van der Waals surface area contributed by atoms with Crippen LogP contribution in [0.3, 0.4) is 0 Å². The Kier molecular flexibility index (Phi) is 5.61. The number of hydrogen-bond acceptors (Lipinski definition) is 5. The quantitative estimate of drug-likeness (QED) is 0.823. The van der Waals surface area contributed by atoms with Gasteiger partial charge in [0.05, 0.1) is 10.6 Å². The van der Waals surface area contributed by atoms with Gasteiger partial charge in [0.1, 0.15) is 5.75 Å². The zero-order valence-electron chi connectivity index (χ0n) is 14.5. The van der Waals surface area contributed by atoms with Gasteiger partial charge >= 0.3 is 0 Å². The molecule has 0 aliphatic carbocycles. The molecule has 1 amide bonds. The highest BCUT2D eigenvalue weighted by Crippen LogP contribution is 2.32. The third-order valence-corrected chi connectivity index (χ3v) is 6.22. The number of fused-ring (bicyclic) bond motifs is 1. The molecule has 0 radical (unpaired) electrons. The van der Waals surface area contributed by atoms with Gasteiger partial charge in [-0.25, -0.2) is 13.1 Å². The molecule has 0 atom stereocenters. The summed E-state index contributed by atoms with van der Waals surface area (Å²) in [6, 6.07) is 3.12. The van der Waals surface area contributed by atoms with Crippen LogP contribution in [0.1, 0.15) is 31.2 Å². The molecule has 8 heteroatoms. The van der Waals surface area contributed by atoms with Crippen molar-refractivity contribution in [3.05, 3.63) is 17.7 Å². The molecule has 1 saturated heterocycles. The third-order valence-electron chi connectivity index (χ3n) is 4.62. The van der Waals surface area contributed by atoms with Gasteiger partial charge in [-0.2, -0.15) is 0 Å². The minimum atomic E-state index is -3.62. The summed E-state index contributed by atoms with van der Waals surface area (Å²) in [6.07, 6.45) is 4.87. The van der Waals surface area contributed by atoms with Crippen LogP contribution >= 0.6 is 0 Å². The Hall–Kier alpha value is -1.64. The summed E-state index contributed by atoms with van der Waals surface area (Å²) in [4.78, 5) is 13.9. The average molecular weight is 367 g/mol. The molecule has 138 valence electrons. The molecule has 0 unspecified atom stereocenters. The maximum Gasteiger partial charge on any atom is 0.262 e. The molecule has 2 heterocycles. The number of anilines is 1. The number of nitrogens with one attached hydrogen (secondary N) is 2. The van der Waals surface area contributed by atoms with Crippen molar-refractivity contribution in [2.45, 2.75) is 37.5 Å². The molecular weight excluding hydrogens is 342 g/mol. The monoisotopic (exact) mass is 367 g/mol. The van der Waals surface area contributed by atoms with E-state index in [1.165, 1.54) is 31.7 Å². The Morgan fingerprint density at radius 3 is 2.64 bits per heavy atom. The number of hydrogen-bond donors (Lipinski definition) is 2. The molecule has 0 spiro atoms. The van der Waals surface area contributed by atoms with E-state index in [9.17, 15) is 13.2 Å². The van der Waals surface area contributed by atoms with Gasteiger partial charge in [-0.15, -0.1) is 0 Å². The molecule has 2 N–H and O–H groups in total. The number of amides is 1. The molecule has 2 aliphatic heterocycles. The maximum absolute atomic E-state index is 12.6. The Balaban J connectivity index is 1.66. The molecule has 25 heavy (non-hydrogen) atoms. The van der Waals surface area contributed by atoms with E-state index in [-0.39, 0.29) is 17.4 Å². The van der Waals surface area contributed by atoms with Crippen LogP contribution in [0.2, 0.25) is 0 Å². The number of aryl methyl sites for hydroxylation is 1. The van der Waals surface area contributed by atoms with Crippen molar-refractivity contribution >= 4 is 21.6 Å². The maximum atomic E-state index is 12.6. The van der Waals surface area contributed by atoms with Gasteiger partial charge < -0.3 is 15.0 Å². The van der Waals surface area contributed by atoms with Crippen molar-refractivity contribution < 1.29 is 17.9 Å². The van der Waals surface area contributed by atoms with Gasteiger partial charge in [-0.05, 0) is 44.5 Å². The van der Waals surface area contributed by atoms with E-state index in [0.29, 0.717) is 23.5 Å². The van der Waals surface area contributed by atoms with Gasteiger partial charge in [0.25, 0.3) is 5.91 Å². The van der Waals surface area contributed by atoms with Crippen molar-refractivity contribution in [2.75, 3.05) is 38.1 Å². The minimum Gasteiger partial charge on any atom is -0.482 e. The van der Waals surface area contributed by atoms with Crippen LogP contribution < -0.4 is 14.8 Å². The molecule has 1 aromatic rings. The van der Waals surface area contributed by atoms with Gasteiger partial charge in [0, 0.05) is 19.2 Å². The van der Waals surface area contributed by atoms with Gasteiger partial charge in [0.2, 0.25) is 10.0 Å². The smallest absolute Gasteiger partial charge is 0.262 e. The predicted octanol–water partition coefficient (Wildman–Crippen LogP) is 1.48. The lowest BCUT2D eigenvalue weighted by molar-refractivity contribution is -0.118. The first kappa shape index (κ1) is 18.2. The van der Waals surface area contributed by atoms with Crippen LogP contribution in [0.5, 0.6) is 5.75 Å². The first-order valence-corrected chi connectivity index (χ1v) is 10.2. The Labute approximate surface area is 148 Å². The van der Waals surface area contributed by atoms with E-state index in [4.69, 9.17) is 4.74 Å². The van der Waals surface area contributed by atoms with E-state index < -0.39 is 10.0 Å². The Morgan fingerprint density at radius 1 is 1.20 bits per heavy atom. The van der Waals surface area contributed by atoms with Crippen molar-refractivity contribution in [1.82, 2.24) is 9.62 Å². The first-order valence-electron chi connectivity index (χ1n) is 8.75. The van der Waals surface area contributed by atoms with E-state index >= 15 is 0 Å². The number of ether oxygens (including phenoxy) is 1. The summed E-state index contributed by atoms with van der Waals surface area (Å²) in [7, 11) is -3.62. The summed E-state index contributed by atoms with van der Waals surface area (Å²) in [6.45, 7) is 4.79. The average Bonchev–Trinajstić information content (AvgIpc) is 2.82. The van der Waals surface area contributed by atoms with Gasteiger partial charge in [0.15, 0.2) is 6.61 Å². The summed E-state index contributed by atoms with van der Waals surface area (Å²) in [5, 5.41) is 2.69. The lowest BCUT2D eigenvalue weighted by atomic mass is 10.2. The second-order valence-electron chi connectivity index (χ2n) is 6.60. The van der Waals surface area contributed by atoms with Gasteiger partial charge in [-0.1, -0.05) is 12.8 Å². The van der Waals surface area contributed by atoms with Crippen LogP contribution in [0.25, 0.3) is 0 Å². The third kappa shape index (κ3) is 4.50. The molecule has 3 rings (SSSR count). The van der Waals surface area contributed by atoms with Crippen LogP contribution in [0.4, 0.5) is 5.69 Å². The lowest BCUT2D eigenvalue weighted by Crippen LogP contribution is -2.35. The summed E-state index contributed by atoms with van der Waals surface area (Å²) < 4.78 is 33.3. The normalized spacial score (nSPS) is 18.8. The summed E-state index contributed by atoms with van der Waals surface area (Å²) >= 11 is 0. The molecule has 0 saturated carbocycles. The number of benzene rings is 1. The zero-order chi connectivity index (χ0) is 17.9. The van der Waals surface area contributed by atoms with E-state index in [0.717, 1.165) is 19.6 Å².